The molecule has 1 fully saturated rings. The van der Waals surface area contributed by atoms with Crippen LogP contribution in [-0.2, 0) is 0 Å². The molecule has 2 rings (SSSR count). The standard InChI is InChI=1S/C22H38FN5O.HI/c1-5-24-22(26-16-19(4)29-21-10-8-7-9-20(21)23)25-15-18(3)17-28-13-11-27(6-2)12-14-28;/h7-10,18-19H,5-6,11-17H2,1-4H3,(H2,24,25,26);1H. The van der Waals surface area contributed by atoms with Gasteiger partial charge >= 0.3 is 0 Å². The first-order chi connectivity index (χ1) is 14.0. The van der Waals surface area contributed by atoms with E-state index in [1.54, 1.807) is 18.2 Å². The number of piperazine rings is 1. The highest BCUT2D eigenvalue weighted by molar-refractivity contribution is 14.0. The van der Waals surface area contributed by atoms with Gasteiger partial charge in [0.2, 0.25) is 0 Å². The van der Waals surface area contributed by atoms with Crippen molar-refractivity contribution in [2.45, 2.75) is 33.8 Å². The van der Waals surface area contributed by atoms with Crippen molar-refractivity contribution in [1.29, 1.82) is 0 Å². The Morgan fingerprint density at radius 1 is 1.10 bits per heavy atom. The molecule has 1 aromatic carbocycles. The van der Waals surface area contributed by atoms with Gasteiger partial charge in [-0.2, -0.15) is 0 Å². The monoisotopic (exact) mass is 535 g/mol. The highest BCUT2D eigenvalue weighted by Gasteiger charge is 2.17. The molecule has 1 aliphatic rings. The molecule has 6 nitrogen and oxygen atoms in total. The van der Waals surface area contributed by atoms with Crippen LogP contribution in [0.3, 0.4) is 0 Å². The third-order valence-corrected chi connectivity index (χ3v) is 5.11. The maximum atomic E-state index is 13.7. The minimum atomic E-state index is -0.339. The molecule has 2 N–H and O–H groups in total. The summed E-state index contributed by atoms with van der Waals surface area (Å²) >= 11 is 0. The van der Waals surface area contributed by atoms with Crippen LogP contribution in [0.15, 0.2) is 29.3 Å². The van der Waals surface area contributed by atoms with E-state index in [0.717, 1.165) is 58.3 Å². The number of halogens is 2. The van der Waals surface area contributed by atoms with Gasteiger partial charge in [0.25, 0.3) is 0 Å². The van der Waals surface area contributed by atoms with Crippen molar-refractivity contribution in [2.24, 2.45) is 10.9 Å². The summed E-state index contributed by atoms with van der Waals surface area (Å²) in [6, 6.07) is 6.48. The fourth-order valence-electron chi connectivity index (χ4n) is 3.41. The smallest absolute Gasteiger partial charge is 0.191 e. The van der Waals surface area contributed by atoms with Gasteiger partial charge in [0, 0.05) is 45.8 Å². The van der Waals surface area contributed by atoms with Crippen molar-refractivity contribution in [3.05, 3.63) is 30.1 Å². The van der Waals surface area contributed by atoms with E-state index in [2.05, 4.69) is 34.3 Å². The zero-order valence-electron chi connectivity index (χ0n) is 18.9. The van der Waals surface area contributed by atoms with Crippen molar-refractivity contribution in [1.82, 2.24) is 20.4 Å². The number of likely N-dealkylation sites (N-methyl/N-ethyl adjacent to an activating group) is 1. The first-order valence-corrected chi connectivity index (χ1v) is 10.9. The Labute approximate surface area is 198 Å². The molecule has 0 aromatic heterocycles. The van der Waals surface area contributed by atoms with Crippen LogP contribution in [0, 0.1) is 11.7 Å². The molecule has 1 heterocycles. The number of rotatable bonds is 10. The maximum Gasteiger partial charge on any atom is 0.191 e. The van der Waals surface area contributed by atoms with Gasteiger partial charge < -0.3 is 25.2 Å². The van der Waals surface area contributed by atoms with Gasteiger partial charge in [-0.05, 0) is 38.4 Å². The molecule has 30 heavy (non-hydrogen) atoms. The molecular weight excluding hydrogens is 496 g/mol. The molecule has 8 heteroatoms. The number of nitrogens with zero attached hydrogens (tertiary/aromatic N) is 3. The molecule has 1 aliphatic heterocycles. The number of benzene rings is 1. The molecule has 0 radical (unpaired) electrons. The number of hydrogen-bond donors (Lipinski definition) is 2. The van der Waals surface area contributed by atoms with Crippen molar-refractivity contribution in [3.63, 3.8) is 0 Å². The normalized spacial score (nSPS) is 17.7. The third kappa shape index (κ3) is 9.78. The van der Waals surface area contributed by atoms with E-state index in [-0.39, 0.29) is 41.6 Å². The molecule has 0 spiro atoms. The van der Waals surface area contributed by atoms with E-state index in [0.29, 0.717) is 12.5 Å². The first-order valence-electron chi connectivity index (χ1n) is 10.9. The topological polar surface area (TPSA) is 52.1 Å². The predicted octanol–water partition coefficient (Wildman–Crippen LogP) is 3.04. The van der Waals surface area contributed by atoms with Gasteiger partial charge in [-0.3, -0.25) is 4.99 Å². The fraction of sp³-hybridized carbons (Fsp3) is 0.682. The molecule has 2 atom stereocenters. The summed E-state index contributed by atoms with van der Waals surface area (Å²) in [6.45, 7) is 17.4. The predicted molar refractivity (Wildman–Crippen MR) is 134 cm³/mol. The van der Waals surface area contributed by atoms with Crippen LogP contribution in [-0.4, -0.2) is 80.8 Å². The summed E-state index contributed by atoms with van der Waals surface area (Å²) in [5.74, 6) is 1.21. The Kier molecular flexibility index (Phi) is 13.3. The zero-order valence-corrected chi connectivity index (χ0v) is 21.2. The number of nitrogens with one attached hydrogen (secondary N) is 2. The van der Waals surface area contributed by atoms with Crippen molar-refractivity contribution >= 4 is 29.9 Å². The zero-order chi connectivity index (χ0) is 21.1. The lowest BCUT2D eigenvalue weighted by Crippen LogP contribution is -2.47. The van der Waals surface area contributed by atoms with Crippen LogP contribution in [0.2, 0.25) is 0 Å². The number of hydrogen-bond acceptors (Lipinski definition) is 4. The largest absolute Gasteiger partial charge is 0.486 e. The molecule has 1 saturated heterocycles. The summed E-state index contributed by atoms with van der Waals surface area (Å²) in [4.78, 5) is 9.77. The van der Waals surface area contributed by atoms with Gasteiger partial charge in [-0.25, -0.2) is 4.39 Å². The first kappa shape index (κ1) is 26.9. The van der Waals surface area contributed by atoms with E-state index >= 15 is 0 Å². The lowest BCUT2D eigenvalue weighted by Gasteiger charge is -2.35. The summed E-state index contributed by atoms with van der Waals surface area (Å²) in [7, 11) is 0. The number of ether oxygens (including phenoxy) is 1. The average molecular weight is 535 g/mol. The quantitative estimate of drug-likeness (QED) is 0.274. The second kappa shape index (κ2) is 14.8. The molecular formula is C22H39FIN5O. The van der Waals surface area contributed by atoms with Crippen LogP contribution in [0.5, 0.6) is 5.75 Å². The molecule has 0 saturated carbocycles. The second-order valence-electron chi connectivity index (χ2n) is 7.80. The van der Waals surface area contributed by atoms with Crippen LogP contribution >= 0.6 is 24.0 Å². The fourth-order valence-corrected chi connectivity index (χ4v) is 3.41. The van der Waals surface area contributed by atoms with Gasteiger partial charge in [0.1, 0.15) is 6.10 Å². The van der Waals surface area contributed by atoms with Gasteiger partial charge in [-0.15, -0.1) is 24.0 Å². The lowest BCUT2D eigenvalue weighted by molar-refractivity contribution is 0.125. The van der Waals surface area contributed by atoms with Crippen LogP contribution in [0.25, 0.3) is 0 Å². The molecule has 0 aliphatic carbocycles. The van der Waals surface area contributed by atoms with Gasteiger partial charge in [-0.1, -0.05) is 26.0 Å². The number of guanidine groups is 1. The Hall–Kier alpha value is -1.13. The van der Waals surface area contributed by atoms with Crippen molar-refractivity contribution < 1.29 is 9.13 Å². The van der Waals surface area contributed by atoms with Gasteiger partial charge in [0.05, 0.1) is 6.54 Å². The molecule has 1 aromatic rings. The van der Waals surface area contributed by atoms with Gasteiger partial charge in [0.15, 0.2) is 17.5 Å². The SMILES string of the molecule is CCNC(=NCC(C)CN1CCN(CC)CC1)NCC(C)Oc1ccccc1F.I. The summed E-state index contributed by atoms with van der Waals surface area (Å²) in [5, 5.41) is 6.58. The Balaban J connectivity index is 0.00000450. The van der Waals surface area contributed by atoms with Crippen molar-refractivity contribution in [3.8, 4) is 5.75 Å². The van der Waals surface area contributed by atoms with Crippen molar-refractivity contribution in [2.75, 3.05) is 58.9 Å². The Morgan fingerprint density at radius 3 is 2.40 bits per heavy atom. The molecule has 0 bridgehead atoms. The second-order valence-corrected chi connectivity index (χ2v) is 7.80. The van der Waals surface area contributed by atoms with E-state index in [9.17, 15) is 4.39 Å². The molecule has 0 amide bonds. The number of aliphatic imine (C=N–C) groups is 1. The Bertz CT molecular complexity index is 625. The molecule has 2 unspecified atom stereocenters. The maximum absolute atomic E-state index is 13.7. The highest BCUT2D eigenvalue weighted by Crippen LogP contribution is 2.16. The minimum absolute atomic E-state index is 0. The average Bonchev–Trinajstić information content (AvgIpc) is 2.72. The molecule has 172 valence electrons. The lowest BCUT2D eigenvalue weighted by atomic mass is 10.1. The van der Waals surface area contributed by atoms with Crippen LogP contribution in [0.1, 0.15) is 27.7 Å². The van der Waals surface area contributed by atoms with Crippen LogP contribution in [0.4, 0.5) is 4.39 Å². The van der Waals surface area contributed by atoms with E-state index < -0.39 is 0 Å². The summed E-state index contributed by atoms with van der Waals surface area (Å²) in [6.07, 6.45) is -0.178. The number of para-hydroxylation sites is 1. The summed E-state index contributed by atoms with van der Waals surface area (Å²) < 4.78 is 19.4. The Morgan fingerprint density at radius 2 is 1.77 bits per heavy atom. The minimum Gasteiger partial charge on any atom is -0.486 e. The van der Waals surface area contributed by atoms with E-state index in [4.69, 9.17) is 9.73 Å². The highest BCUT2D eigenvalue weighted by atomic mass is 127. The van der Waals surface area contributed by atoms with E-state index in [1.165, 1.54) is 6.07 Å². The third-order valence-electron chi connectivity index (χ3n) is 5.11. The van der Waals surface area contributed by atoms with Crippen LogP contribution < -0.4 is 15.4 Å². The van der Waals surface area contributed by atoms with E-state index in [1.807, 2.05) is 13.8 Å². The summed E-state index contributed by atoms with van der Waals surface area (Å²) in [5.41, 5.74) is 0.